The fraction of sp³-hybridized carbons (Fsp3) is 1.00. The summed E-state index contributed by atoms with van der Waals surface area (Å²) in [6, 6.07) is 0. The third kappa shape index (κ3) is 7.92. The molecule has 0 aromatic carbocycles. The molecule has 4 heteroatoms. The fourth-order valence-electron chi connectivity index (χ4n) is 2.36. The SMILES string of the molecule is CCCCC(CCCC)(CNCCN)[SiH2]OC. The first kappa shape index (κ1) is 17.1. The first-order chi connectivity index (χ1) is 8.24. The van der Waals surface area contributed by atoms with Gasteiger partial charge in [-0.1, -0.05) is 39.5 Å². The van der Waals surface area contributed by atoms with Crippen molar-refractivity contribution in [2.75, 3.05) is 26.7 Å². The molecule has 0 aromatic rings. The van der Waals surface area contributed by atoms with Crippen LogP contribution in [-0.4, -0.2) is 36.5 Å². The molecule has 3 N–H and O–H groups in total. The van der Waals surface area contributed by atoms with Gasteiger partial charge in [-0.25, -0.2) is 0 Å². The lowest BCUT2D eigenvalue weighted by Gasteiger charge is -2.33. The average molecular weight is 260 g/mol. The second-order valence-corrected chi connectivity index (χ2v) is 7.47. The van der Waals surface area contributed by atoms with Crippen molar-refractivity contribution in [1.82, 2.24) is 5.32 Å². The Labute approximate surface area is 110 Å². The molecule has 104 valence electrons. The van der Waals surface area contributed by atoms with Crippen LogP contribution in [0.25, 0.3) is 0 Å². The number of nitrogens with one attached hydrogen (secondary N) is 1. The van der Waals surface area contributed by atoms with E-state index in [1.165, 1.54) is 38.5 Å². The molecule has 0 aliphatic rings. The van der Waals surface area contributed by atoms with Crippen molar-refractivity contribution in [1.29, 1.82) is 0 Å². The molecule has 0 aliphatic heterocycles. The van der Waals surface area contributed by atoms with Crippen molar-refractivity contribution in [3.05, 3.63) is 0 Å². The van der Waals surface area contributed by atoms with Gasteiger partial charge >= 0.3 is 0 Å². The second kappa shape index (κ2) is 11.2. The van der Waals surface area contributed by atoms with Gasteiger partial charge in [0.15, 0.2) is 9.76 Å². The third-order valence-electron chi connectivity index (χ3n) is 3.39. The van der Waals surface area contributed by atoms with E-state index in [1.54, 1.807) is 0 Å². The van der Waals surface area contributed by atoms with Crippen LogP contribution in [0.15, 0.2) is 0 Å². The van der Waals surface area contributed by atoms with Gasteiger partial charge < -0.3 is 15.5 Å². The molecular formula is C13H32N2OSi. The number of nitrogens with two attached hydrogens (primary N) is 1. The van der Waals surface area contributed by atoms with Gasteiger partial charge in [-0.3, -0.25) is 0 Å². The Bertz CT molecular complexity index is 159. The van der Waals surface area contributed by atoms with Gasteiger partial charge in [-0.05, 0) is 17.9 Å². The minimum Gasteiger partial charge on any atom is -0.427 e. The van der Waals surface area contributed by atoms with E-state index in [0.29, 0.717) is 5.04 Å². The van der Waals surface area contributed by atoms with Crippen LogP contribution in [0.3, 0.4) is 0 Å². The molecule has 0 aromatic heterocycles. The van der Waals surface area contributed by atoms with E-state index in [0.717, 1.165) is 19.6 Å². The lowest BCUT2D eigenvalue weighted by Crippen LogP contribution is -2.36. The van der Waals surface area contributed by atoms with E-state index >= 15 is 0 Å². The lowest BCUT2D eigenvalue weighted by atomic mass is 9.94. The van der Waals surface area contributed by atoms with E-state index in [2.05, 4.69) is 19.2 Å². The normalized spacial score (nSPS) is 12.7. The maximum Gasteiger partial charge on any atom is 0.168 e. The zero-order valence-electron chi connectivity index (χ0n) is 12.1. The quantitative estimate of drug-likeness (QED) is 0.415. The number of unbranched alkanes of at least 4 members (excludes halogenated alkanes) is 2. The lowest BCUT2D eigenvalue weighted by molar-refractivity contribution is 0.344. The first-order valence-electron chi connectivity index (χ1n) is 7.14. The van der Waals surface area contributed by atoms with Crippen LogP contribution in [0.2, 0.25) is 5.04 Å². The third-order valence-corrected chi connectivity index (χ3v) is 5.25. The van der Waals surface area contributed by atoms with Gasteiger partial charge in [-0.15, -0.1) is 0 Å². The van der Waals surface area contributed by atoms with Crippen LogP contribution in [0, 0.1) is 0 Å². The Hall–Kier alpha value is 0.0969. The number of rotatable bonds is 12. The molecule has 0 fully saturated rings. The summed E-state index contributed by atoms with van der Waals surface area (Å²) >= 11 is 0. The van der Waals surface area contributed by atoms with Gasteiger partial charge in [0, 0.05) is 26.7 Å². The molecule has 0 bridgehead atoms. The molecule has 0 saturated carbocycles. The van der Waals surface area contributed by atoms with E-state index in [4.69, 9.17) is 10.2 Å². The molecule has 0 rings (SSSR count). The highest BCUT2D eigenvalue weighted by Gasteiger charge is 2.29. The molecule has 0 saturated heterocycles. The monoisotopic (exact) mass is 260 g/mol. The summed E-state index contributed by atoms with van der Waals surface area (Å²) in [6.07, 6.45) is 7.85. The van der Waals surface area contributed by atoms with Crippen LogP contribution in [0.1, 0.15) is 52.4 Å². The molecule has 0 heterocycles. The van der Waals surface area contributed by atoms with Crippen LogP contribution in [0.5, 0.6) is 0 Å². The van der Waals surface area contributed by atoms with Crippen LogP contribution in [0.4, 0.5) is 0 Å². The summed E-state index contributed by atoms with van der Waals surface area (Å²) in [7, 11) is 1.43. The Kier molecular flexibility index (Phi) is 11.3. The van der Waals surface area contributed by atoms with E-state index in [-0.39, 0.29) is 0 Å². The number of hydrogen-bond donors (Lipinski definition) is 2. The zero-order valence-corrected chi connectivity index (χ0v) is 13.5. The van der Waals surface area contributed by atoms with Crippen molar-refractivity contribution in [3.63, 3.8) is 0 Å². The molecule has 0 unspecified atom stereocenters. The van der Waals surface area contributed by atoms with Gasteiger partial charge in [0.25, 0.3) is 0 Å². The first-order valence-corrected chi connectivity index (χ1v) is 8.43. The predicted octanol–water partition coefficient (Wildman–Crippen LogP) is 1.80. The van der Waals surface area contributed by atoms with Gasteiger partial charge in [0.2, 0.25) is 0 Å². The summed E-state index contributed by atoms with van der Waals surface area (Å²) < 4.78 is 5.60. The van der Waals surface area contributed by atoms with Gasteiger partial charge in [-0.2, -0.15) is 0 Å². The molecule has 0 amide bonds. The summed E-state index contributed by atoms with van der Waals surface area (Å²) in [5.41, 5.74) is 5.55. The average Bonchev–Trinajstić information content (AvgIpc) is 2.34. The van der Waals surface area contributed by atoms with Crippen molar-refractivity contribution in [3.8, 4) is 0 Å². The smallest absolute Gasteiger partial charge is 0.168 e. The fourth-order valence-corrected chi connectivity index (χ4v) is 4.04. The maximum absolute atomic E-state index is 5.60. The molecule has 0 spiro atoms. The predicted molar refractivity (Wildman–Crippen MR) is 79.2 cm³/mol. The molecular weight excluding hydrogens is 228 g/mol. The number of hydrogen-bond acceptors (Lipinski definition) is 3. The minimum absolute atomic E-state index is 0.443. The molecule has 17 heavy (non-hydrogen) atoms. The van der Waals surface area contributed by atoms with Crippen molar-refractivity contribution in [2.24, 2.45) is 5.73 Å². The van der Waals surface area contributed by atoms with Gasteiger partial charge in [0.1, 0.15) is 0 Å². The van der Waals surface area contributed by atoms with Crippen molar-refractivity contribution < 1.29 is 4.43 Å². The van der Waals surface area contributed by atoms with E-state index in [9.17, 15) is 0 Å². The molecule has 0 aliphatic carbocycles. The minimum atomic E-state index is -0.443. The molecule has 0 radical (unpaired) electrons. The maximum atomic E-state index is 5.60. The Morgan fingerprint density at radius 1 is 1.18 bits per heavy atom. The molecule has 0 atom stereocenters. The topological polar surface area (TPSA) is 47.3 Å². The van der Waals surface area contributed by atoms with Crippen molar-refractivity contribution in [2.45, 2.75) is 57.4 Å². The Morgan fingerprint density at radius 2 is 1.76 bits per heavy atom. The second-order valence-electron chi connectivity index (χ2n) is 5.11. The summed E-state index contributed by atoms with van der Waals surface area (Å²) in [5.74, 6) is 0. The summed E-state index contributed by atoms with van der Waals surface area (Å²) in [6.45, 7) is 7.30. The summed E-state index contributed by atoms with van der Waals surface area (Å²) in [5, 5.41) is 3.96. The van der Waals surface area contributed by atoms with E-state index in [1.807, 2.05) is 7.11 Å². The van der Waals surface area contributed by atoms with Gasteiger partial charge in [0.05, 0.1) is 0 Å². The standard InChI is InChI=1S/C13H32N2OSi/c1-4-6-8-13(17-16-3,9-7-5-2)12-15-11-10-14/h15H,4-12,14,17H2,1-3H3. The highest BCUT2D eigenvalue weighted by Crippen LogP contribution is 2.37. The largest absolute Gasteiger partial charge is 0.427 e. The zero-order chi connectivity index (χ0) is 13.0. The van der Waals surface area contributed by atoms with Crippen LogP contribution in [-0.2, 0) is 4.43 Å². The Morgan fingerprint density at radius 3 is 2.18 bits per heavy atom. The van der Waals surface area contributed by atoms with Crippen molar-refractivity contribution >= 4 is 9.76 Å². The Balaban J connectivity index is 4.32. The molecule has 3 nitrogen and oxygen atoms in total. The summed E-state index contributed by atoms with van der Waals surface area (Å²) in [4.78, 5) is 0. The highest BCUT2D eigenvalue weighted by molar-refractivity contribution is 6.32. The van der Waals surface area contributed by atoms with Crippen LogP contribution < -0.4 is 11.1 Å². The highest BCUT2D eigenvalue weighted by atomic mass is 28.2. The van der Waals surface area contributed by atoms with E-state index < -0.39 is 9.76 Å². The van der Waals surface area contributed by atoms with Crippen LogP contribution >= 0.6 is 0 Å².